The van der Waals surface area contributed by atoms with Crippen molar-refractivity contribution >= 4 is 34.9 Å². The zero-order valence-corrected chi connectivity index (χ0v) is 16.4. The normalized spacial score (nSPS) is 14.6. The van der Waals surface area contributed by atoms with E-state index in [1.54, 1.807) is 31.2 Å². The zero-order chi connectivity index (χ0) is 20.5. The highest BCUT2D eigenvalue weighted by atomic mass is 16.1. The van der Waals surface area contributed by atoms with Gasteiger partial charge in [-0.1, -0.05) is 36.4 Å². The lowest BCUT2D eigenvalue weighted by atomic mass is 9.84. The number of carbonyl (C=O) groups is 1. The van der Waals surface area contributed by atoms with Crippen molar-refractivity contribution in [1.29, 1.82) is 5.41 Å². The molecule has 6 heteroatoms. The van der Waals surface area contributed by atoms with E-state index >= 15 is 0 Å². The van der Waals surface area contributed by atoms with Crippen LogP contribution in [0, 0.1) is 17.5 Å². The Morgan fingerprint density at radius 2 is 1.97 bits per heavy atom. The number of H-pyrrole nitrogens is 1. The Balaban J connectivity index is 1.98. The molecule has 0 bridgehead atoms. The van der Waals surface area contributed by atoms with E-state index in [0.717, 1.165) is 5.56 Å². The summed E-state index contributed by atoms with van der Waals surface area (Å²) in [6, 6.07) is 18.3. The molecule has 0 saturated carbocycles. The van der Waals surface area contributed by atoms with Gasteiger partial charge in [0.1, 0.15) is 0 Å². The third kappa shape index (κ3) is 3.13. The Kier molecular flexibility index (Phi) is 4.57. The highest BCUT2D eigenvalue weighted by Gasteiger charge is 2.33. The molecule has 0 spiro atoms. The standard InChI is InChI=1S/C23H19N5O/c1-14(25-15-9-5-4-6-10-15)18(13-24)19-21-20(26-23(27-21)28(2)3)16-11-7-8-12-17(16)22(19)29/h5,7-13,24H,1-3H3,(H,26,27). The van der Waals surface area contributed by atoms with Crippen molar-refractivity contribution in [2.75, 3.05) is 19.0 Å². The second-order valence-electron chi connectivity index (χ2n) is 6.87. The Bertz CT molecular complexity index is 1170. The van der Waals surface area contributed by atoms with Gasteiger partial charge in [-0.05, 0) is 19.1 Å². The van der Waals surface area contributed by atoms with Crippen molar-refractivity contribution < 1.29 is 4.79 Å². The summed E-state index contributed by atoms with van der Waals surface area (Å²) in [6.45, 7) is 1.79. The van der Waals surface area contributed by atoms with Crippen LogP contribution >= 0.6 is 0 Å². The minimum absolute atomic E-state index is 0.150. The van der Waals surface area contributed by atoms with Gasteiger partial charge >= 0.3 is 0 Å². The average Bonchev–Trinajstić information content (AvgIpc) is 3.17. The van der Waals surface area contributed by atoms with Crippen LogP contribution in [0.3, 0.4) is 0 Å². The topological polar surface area (TPSA) is 85.2 Å². The number of imidazole rings is 1. The van der Waals surface area contributed by atoms with Gasteiger partial charge in [0.2, 0.25) is 5.95 Å². The van der Waals surface area contributed by atoms with Gasteiger partial charge in [-0.2, -0.15) is 0 Å². The number of Topliss-reactive ketones (excluding diaryl/α,β-unsaturated/α-hetero) is 1. The Morgan fingerprint density at radius 3 is 2.62 bits per heavy atom. The maximum atomic E-state index is 13.4. The molecular formula is C23H19N5O. The smallest absolute Gasteiger partial charge is 0.203 e. The lowest BCUT2D eigenvalue weighted by Gasteiger charge is -2.19. The predicted molar refractivity (Wildman–Crippen MR) is 115 cm³/mol. The molecule has 0 radical (unpaired) electrons. The Labute approximate surface area is 169 Å². The van der Waals surface area contributed by atoms with E-state index in [1.807, 2.05) is 37.2 Å². The van der Waals surface area contributed by atoms with Crippen LogP contribution in [0.1, 0.15) is 23.0 Å². The molecule has 0 aliphatic heterocycles. The number of allylic oxidation sites excluding steroid dienone is 2. The van der Waals surface area contributed by atoms with Crippen molar-refractivity contribution in [1.82, 2.24) is 9.97 Å². The Morgan fingerprint density at radius 1 is 1.21 bits per heavy atom. The first kappa shape index (κ1) is 18.4. The van der Waals surface area contributed by atoms with Crippen LogP contribution in [-0.2, 0) is 0 Å². The number of carbonyl (C=O) groups excluding carboxylic acids is 1. The number of ketones is 1. The molecule has 1 aliphatic rings. The number of aliphatic imine (C=N–C) groups is 1. The number of fused-ring (bicyclic) bond motifs is 3. The fraction of sp³-hybridized carbons (Fsp3) is 0.130. The number of anilines is 1. The number of nitrogens with one attached hydrogen (secondary N) is 2. The number of nitrogens with zero attached hydrogens (tertiary/aromatic N) is 3. The highest BCUT2D eigenvalue weighted by molar-refractivity contribution is 6.41. The van der Waals surface area contributed by atoms with Gasteiger partial charge in [0, 0.05) is 48.8 Å². The van der Waals surface area contributed by atoms with E-state index in [9.17, 15) is 4.79 Å². The average molecular weight is 381 g/mol. The first-order valence-corrected chi connectivity index (χ1v) is 9.11. The van der Waals surface area contributed by atoms with Gasteiger partial charge in [-0.3, -0.25) is 9.79 Å². The van der Waals surface area contributed by atoms with Crippen LogP contribution < -0.4 is 4.90 Å². The van der Waals surface area contributed by atoms with E-state index in [0.29, 0.717) is 45.4 Å². The van der Waals surface area contributed by atoms with Crippen LogP contribution in [0.15, 0.2) is 53.0 Å². The van der Waals surface area contributed by atoms with E-state index in [4.69, 9.17) is 10.4 Å². The van der Waals surface area contributed by atoms with Crippen molar-refractivity contribution in [2.45, 2.75) is 6.92 Å². The van der Waals surface area contributed by atoms with Crippen molar-refractivity contribution in [3.8, 4) is 11.3 Å². The van der Waals surface area contributed by atoms with Crippen LogP contribution in [-0.4, -0.2) is 41.8 Å². The zero-order valence-electron chi connectivity index (χ0n) is 16.4. The van der Waals surface area contributed by atoms with Gasteiger partial charge < -0.3 is 15.3 Å². The molecule has 1 aliphatic carbocycles. The van der Waals surface area contributed by atoms with Crippen LogP contribution in [0.4, 0.5) is 11.6 Å². The number of hydrogen-bond donors (Lipinski definition) is 2. The molecule has 0 amide bonds. The molecule has 6 nitrogen and oxygen atoms in total. The molecule has 4 rings (SSSR count). The summed E-state index contributed by atoms with van der Waals surface area (Å²) >= 11 is 0. The monoisotopic (exact) mass is 381 g/mol. The third-order valence-electron chi connectivity index (χ3n) is 4.76. The second-order valence-corrected chi connectivity index (χ2v) is 6.87. The summed E-state index contributed by atoms with van der Waals surface area (Å²) in [7, 11) is 3.77. The molecule has 29 heavy (non-hydrogen) atoms. The SMILES string of the molecule is CC(=Nc1cc#ccc1)C(C=N)=C1C(=O)c2ccccc2-c2nc(N(C)C)[nH]c21. The molecule has 2 N–H and O–H groups in total. The largest absolute Gasteiger partial charge is 0.349 e. The maximum absolute atomic E-state index is 13.4. The lowest BCUT2D eigenvalue weighted by molar-refractivity contribution is 0.105. The lowest BCUT2D eigenvalue weighted by Crippen LogP contribution is -2.16. The van der Waals surface area contributed by atoms with Gasteiger partial charge in [0.25, 0.3) is 0 Å². The van der Waals surface area contributed by atoms with E-state index in [1.165, 1.54) is 6.21 Å². The fourth-order valence-corrected chi connectivity index (χ4v) is 3.36. The van der Waals surface area contributed by atoms with Crippen molar-refractivity contribution in [3.05, 3.63) is 71.4 Å². The first-order chi connectivity index (χ1) is 14.0. The van der Waals surface area contributed by atoms with Gasteiger partial charge in [-0.25, -0.2) is 4.98 Å². The van der Waals surface area contributed by atoms with Gasteiger partial charge in [-0.15, -0.1) is 0 Å². The van der Waals surface area contributed by atoms with E-state index < -0.39 is 0 Å². The molecule has 2 aromatic carbocycles. The first-order valence-electron chi connectivity index (χ1n) is 9.11. The summed E-state index contributed by atoms with van der Waals surface area (Å²) in [6.07, 6.45) is 1.18. The van der Waals surface area contributed by atoms with Crippen molar-refractivity contribution in [2.24, 2.45) is 4.99 Å². The molecule has 0 unspecified atom stereocenters. The van der Waals surface area contributed by atoms with Crippen LogP contribution in [0.25, 0.3) is 16.8 Å². The molecular weight excluding hydrogens is 362 g/mol. The molecule has 1 aromatic heterocycles. The fourth-order valence-electron chi connectivity index (χ4n) is 3.36. The highest BCUT2D eigenvalue weighted by Crippen LogP contribution is 2.40. The van der Waals surface area contributed by atoms with E-state index in [2.05, 4.69) is 22.1 Å². The maximum Gasteiger partial charge on any atom is 0.203 e. The number of rotatable bonds is 4. The predicted octanol–water partition coefficient (Wildman–Crippen LogP) is 4.14. The van der Waals surface area contributed by atoms with Gasteiger partial charge in [0.05, 0.1) is 22.6 Å². The minimum atomic E-state index is -0.150. The summed E-state index contributed by atoms with van der Waals surface area (Å²) in [5, 5.41) is 8.02. The number of aromatic nitrogens is 2. The molecule has 142 valence electrons. The van der Waals surface area contributed by atoms with Crippen LogP contribution in [0.5, 0.6) is 0 Å². The quantitative estimate of drug-likeness (QED) is 0.526. The molecule has 1 heterocycles. The van der Waals surface area contributed by atoms with Crippen LogP contribution in [0.2, 0.25) is 0 Å². The minimum Gasteiger partial charge on any atom is -0.349 e. The summed E-state index contributed by atoms with van der Waals surface area (Å²) < 4.78 is 0. The summed E-state index contributed by atoms with van der Waals surface area (Å²) in [5.74, 6) is 0.493. The number of aromatic amines is 1. The van der Waals surface area contributed by atoms with Gasteiger partial charge in [0.15, 0.2) is 5.78 Å². The number of benzene rings is 1. The molecule has 0 atom stereocenters. The third-order valence-corrected chi connectivity index (χ3v) is 4.76. The second kappa shape index (κ2) is 7.21. The molecule has 3 aromatic rings. The van der Waals surface area contributed by atoms with Crippen molar-refractivity contribution in [3.63, 3.8) is 0 Å². The summed E-state index contributed by atoms with van der Waals surface area (Å²) in [4.78, 5) is 27.8. The summed E-state index contributed by atoms with van der Waals surface area (Å²) in [5.41, 5.74) is 4.77. The van der Waals surface area contributed by atoms with E-state index in [-0.39, 0.29) is 5.78 Å². The molecule has 0 fully saturated rings. The Hall–Kier alpha value is -3.98. The number of hydrogen-bond acceptors (Lipinski definition) is 5. The molecule has 0 saturated heterocycles.